The molecular formula is C22H21N5O2. The van der Waals surface area contributed by atoms with Crippen molar-refractivity contribution in [3.05, 3.63) is 65.7 Å². The van der Waals surface area contributed by atoms with Crippen molar-refractivity contribution in [1.29, 1.82) is 5.26 Å². The molecule has 7 heteroatoms. The fraction of sp³-hybridized carbons (Fsp3) is 0.273. The Kier molecular flexibility index (Phi) is 5.63. The molecule has 0 spiro atoms. The number of nitriles is 1. The minimum Gasteiger partial charge on any atom is -0.480 e. The number of rotatable bonds is 5. The molecule has 1 aliphatic heterocycles. The molecule has 4 rings (SSSR count). The molecule has 3 aromatic rings. The predicted molar refractivity (Wildman–Crippen MR) is 109 cm³/mol. The van der Waals surface area contributed by atoms with Crippen molar-refractivity contribution in [3.63, 3.8) is 0 Å². The number of methoxy groups -OCH3 is 1. The SMILES string of the molecule is COc1ncc(-c2ccnc(Cc3ccc(N4CCOCC4)cc3)n2)cc1C#N. The van der Waals surface area contributed by atoms with Crippen molar-refractivity contribution < 1.29 is 9.47 Å². The molecule has 1 aromatic carbocycles. The van der Waals surface area contributed by atoms with Crippen LogP contribution in [0.2, 0.25) is 0 Å². The maximum absolute atomic E-state index is 9.27. The lowest BCUT2D eigenvalue weighted by Gasteiger charge is -2.28. The van der Waals surface area contributed by atoms with Crippen LogP contribution in [0.5, 0.6) is 5.88 Å². The summed E-state index contributed by atoms with van der Waals surface area (Å²) in [5, 5.41) is 9.27. The number of ether oxygens (including phenoxy) is 2. The number of hydrogen-bond donors (Lipinski definition) is 0. The molecule has 3 heterocycles. The molecule has 29 heavy (non-hydrogen) atoms. The third-order valence-corrected chi connectivity index (χ3v) is 4.84. The third-order valence-electron chi connectivity index (χ3n) is 4.84. The number of hydrogen-bond acceptors (Lipinski definition) is 7. The minimum atomic E-state index is 0.311. The highest BCUT2D eigenvalue weighted by molar-refractivity contribution is 5.61. The largest absolute Gasteiger partial charge is 0.480 e. The summed E-state index contributed by atoms with van der Waals surface area (Å²) in [5.41, 5.74) is 4.22. The number of nitrogens with zero attached hydrogens (tertiary/aromatic N) is 5. The van der Waals surface area contributed by atoms with E-state index in [1.807, 2.05) is 6.07 Å². The topological polar surface area (TPSA) is 84.2 Å². The monoisotopic (exact) mass is 387 g/mol. The molecule has 0 saturated carbocycles. The lowest BCUT2D eigenvalue weighted by molar-refractivity contribution is 0.122. The summed E-state index contributed by atoms with van der Waals surface area (Å²) in [4.78, 5) is 15.6. The van der Waals surface area contributed by atoms with E-state index in [0.717, 1.165) is 48.9 Å². The normalized spacial score (nSPS) is 13.7. The van der Waals surface area contributed by atoms with Gasteiger partial charge >= 0.3 is 0 Å². The fourth-order valence-corrected chi connectivity index (χ4v) is 3.31. The molecule has 0 bridgehead atoms. The standard InChI is InChI=1S/C22H21N5O2/c1-28-22-17(14-23)13-18(15-25-22)20-6-7-24-21(26-20)12-16-2-4-19(5-3-16)27-8-10-29-11-9-27/h2-7,13,15H,8-12H2,1H3. The van der Waals surface area contributed by atoms with Crippen molar-refractivity contribution in [3.8, 4) is 23.2 Å². The summed E-state index contributed by atoms with van der Waals surface area (Å²) >= 11 is 0. The second kappa shape index (κ2) is 8.67. The number of aromatic nitrogens is 3. The first-order valence-corrected chi connectivity index (χ1v) is 9.45. The van der Waals surface area contributed by atoms with Crippen LogP contribution in [0.15, 0.2) is 48.8 Å². The molecule has 0 unspecified atom stereocenters. The van der Waals surface area contributed by atoms with Crippen molar-refractivity contribution in [2.24, 2.45) is 0 Å². The Morgan fingerprint density at radius 3 is 2.66 bits per heavy atom. The van der Waals surface area contributed by atoms with Gasteiger partial charge < -0.3 is 14.4 Å². The molecule has 1 aliphatic rings. The first-order chi connectivity index (χ1) is 14.3. The van der Waals surface area contributed by atoms with Crippen LogP contribution in [0.25, 0.3) is 11.3 Å². The zero-order valence-corrected chi connectivity index (χ0v) is 16.2. The predicted octanol–water partition coefficient (Wildman–Crippen LogP) is 2.85. The Morgan fingerprint density at radius 2 is 1.93 bits per heavy atom. The summed E-state index contributed by atoms with van der Waals surface area (Å²) in [6.07, 6.45) is 4.02. The van der Waals surface area contributed by atoms with Gasteiger partial charge in [-0.3, -0.25) is 0 Å². The summed E-state index contributed by atoms with van der Waals surface area (Å²) in [7, 11) is 1.50. The van der Waals surface area contributed by atoms with Crippen LogP contribution in [-0.2, 0) is 11.2 Å². The molecule has 7 nitrogen and oxygen atoms in total. The Bertz CT molecular complexity index is 1020. The number of pyridine rings is 1. The van der Waals surface area contributed by atoms with Crippen LogP contribution in [-0.4, -0.2) is 48.4 Å². The second-order valence-corrected chi connectivity index (χ2v) is 6.69. The highest BCUT2D eigenvalue weighted by atomic mass is 16.5. The van der Waals surface area contributed by atoms with Crippen molar-refractivity contribution in [2.45, 2.75) is 6.42 Å². The first kappa shape index (κ1) is 18.8. The fourth-order valence-electron chi connectivity index (χ4n) is 3.31. The van der Waals surface area contributed by atoms with E-state index < -0.39 is 0 Å². The first-order valence-electron chi connectivity index (χ1n) is 9.45. The van der Waals surface area contributed by atoms with Gasteiger partial charge in [0.05, 0.1) is 26.0 Å². The van der Waals surface area contributed by atoms with Crippen LogP contribution in [0.4, 0.5) is 5.69 Å². The van der Waals surface area contributed by atoms with Crippen LogP contribution in [0.3, 0.4) is 0 Å². The van der Waals surface area contributed by atoms with E-state index in [2.05, 4.69) is 50.2 Å². The number of anilines is 1. The lowest BCUT2D eigenvalue weighted by Crippen LogP contribution is -2.36. The maximum atomic E-state index is 9.27. The van der Waals surface area contributed by atoms with Crippen LogP contribution in [0, 0.1) is 11.3 Å². The molecule has 0 atom stereocenters. The van der Waals surface area contributed by atoms with E-state index in [4.69, 9.17) is 9.47 Å². The van der Waals surface area contributed by atoms with E-state index in [0.29, 0.717) is 17.9 Å². The van der Waals surface area contributed by atoms with Crippen LogP contribution < -0.4 is 9.64 Å². The molecule has 146 valence electrons. The zero-order valence-electron chi connectivity index (χ0n) is 16.2. The maximum Gasteiger partial charge on any atom is 0.231 e. The third kappa shape index (κ3) is 4.33. The minimum absolute atomic E-state index is 0.311. The van der Waals surface area contributed by atoms with Gasteiger partial charge in [-0.25, -0.2) is 15.0 Å². The molecule has 0 aliphatic carbocycles. The summed E-state index contributed by atoms with van der Waals surface area (Å²) < 4.78 is 10.5. The van der Waals surface area contributed by atoms with Gasteiger partial charge in [0.25, 0.3) is 0 Å². The van der Waals surface area contributed by atoms with E-state index in [1.165, 1.54) is 12.8 Å². The van der Waals surface area contributed by atoms with Gasteiger partial charge in [-0.1, -0.05) is 12.1 Å². The molecular weight excluding hydrogens is 366 g/mol. The van der Waals surface area contributed by atoms with Gasteiger partial charge in [-0.15, -0.1) is 0 Å². The van der Waals surface area contributed by atoms with E-state index in [-0.39, 0.29) is 0 Å². The average molecular weight is 387 g/mol. The summed E-state index contributed by atoms with van der Waals surface area (Å²) in [6.45, 7) is 3.39. The van der Waals surface area contributed by atoms with E-state index in [9.17, 15) is 5.26 Å². The molecule has 2 aromatic heterocycles. The van der Waals surface area contributed by atoms with Crippen molar-refractivity contribution in [1.82, 2.24) is 15.0 Å². The lowest BCUT2D eigenvalue weighted by atomic mass is 10.1. The van der Waals surface area contributed by atoms with Gasteiger partial charge in [-0.05, 0) is 29.8 Å². The van der Waals surface area contributed by atoms with Gasteiger partial charge in [0.1, 0.15) is 17.5 Å². The molecule has 0 radical (unpaired) electrons. The molecule has 1 fully saturated rings. The van der Waals surface area contributed by atoms with Crippen molar-refractivity contribution in [2.75, 3.05) is 38.3 Å². The Balaban J connectivity index is 1.51. The second-order valence-electron chi connectivity index (χ2n) is 6.69. The highest BCUT2D eigenvalue weighted by Crippen LogP contribution is 2.23. The molecule has 0 N–H and O–H groups in total. The Labute approximate surface area is 169 Å². The average Bonchev–Trinajstić information content (AvgIpc) is 2.80. The number of morpholine rings is 1. The smallest absolute Gasteiger partial charge is 0.231 e. The van der Waals surface area contributed by atoms with E-state index >= 15 is 0 Å². The molecule has 1 saturated heterocycles. The van der Waals surface area contributed by atoms with Gasteiger partial charge in [0.2, 0.25) is 5.88 Å². The van der Waals surface area contributed by atoms with E-state index in [1.54, 1.807) is 18.5 Å². The summed E-state index contributed by atoms with van der Waals surface area (Å²) in [6, 6.07) is 14.1. The van der Waals surface area contributed by atoms with Crippen LogP contribution >= 0.6 is 0 Å². The zero-order chi connectivity index (χ0) is 20.1. The van der Waals surface area contributed by atoms with Crippen LogP contribution in [0.1, 0.15) is 17.0 Å². The highest BCUT2D eigenvalue weighted by Gasteiger charge is 2.12. The quantitative estimate of drug-likeness (QED) is 0.665. The van der Waals surface area contributed by atoms with Gasteiger partial charge in [-0.2, -0.15) is 5.26 Å². The molecule has 0 amide bonds. The number of benzene rings is 1. The van der Waals surface area contributed by atoms with Gasteiger partial charge in [0.15, 0.2) is 0 Å². The van der Waals surface area contributed by atoms with Gasteiger partial charge in [0, 0.05) is 43.2 Å². The Morgan fingerprint density at radius 1 is 1.14 bits per heavy atom. The Hall–Kier alpha value is -3.50. The summed E-state index contributed by atoms with van der Waals surface area (Å²) in [5.74, 6) is 1.03. The van der Waals surface area contributed by atoms with Crippen molar-refractivity contribution >= 4 is 5.69 Å².